The maximum absolute atomic E-state index is 12.8. The van der Waals surface area contributed by atoms with Gasteiger partial charge in [-0.1, -0.05) is 24.3 Å². The van der Waals surface area contributed by atoms with Crippen molar-refractivity contribution in [2.24, 2.45) is 5.73 Å². The number of nitrogens with zero attached hydrogens (tertiary/aromatic N) is 1. The number of aryl methyl sites for hydroxylation is 1. The van der Waals surface area contributed by atoms with Gasteiger partial charge < -0.3 is 20.1 Å². The molecule has 0 spiro atoms. The van der Waals surface area contributed by atoms with Crippen molar-refractivity contribution in [3.8, 4) is 5.75 Å². The molecule has 0 unspecified atom stereocenters. The molecule has 2 aromatic rings. The number of benzene rings is 2. The van der Waals surface area contributed by atoms with E-state index in [1.54, 1.807) is 17.0 Å². The highest BCUT2D eigenvalue weighted by Gasteiger charge is 2.28. The highest BCUT2D eigenvalue weighted by Crippen LogP contribution is 2.28. The molecule has 1 heterocycles. The quantitative estimate of drug-likeness (QED) is 0.674. The lowest BCUT2D eigenvalue weighted by Crippen LogP contribution is -2.44. The lowest BCUT2D eigenvalue weighted by molar-refractivity contribution is -0.119. The van der Waals surface area contributed by atoms with Gasteiger partial charge in [-0.15, -0.1) is 0 Å². The van der Waals surface area contributed by atoms with E-state index in [0.29, 0.717) is 18.7 Å². The van der Waals surface area contributed by atoms with Crippen LogP contribution in [0.2, 0.25) is 0 Å². The number of ether oxygens (including phenoxy) is 2. The zero-order chi connectivity index (χ0) is 18.7. The summed E-state index contributed by atoms with van der Waals surface area (Å²) in [6.07, 6.45) is 0.506. The molecule has 26 heavy (non-hydrogen) atoms. The standard InChI is InChI=1S/C20H22N2O4/c1-13-11-16(26-20(24)25-2)8-7-15(13)12-17(21)19(23)22-10-9-14-5-3-4-6-18(14)22/h3-8,11,17H,9-10,12,21H2,1-2H3/t17-/m0/s1. The number of hydrogen-bond donors (Lipinski definition) is 1. The normalized spacial score (nSPS) is 13.9. The summed E-state index contributed by atoms with van der Waals surface area (Å²) in [5, 5.41) is 0. The van der Waals surface area contributed by atoms with Gasteiger partial charge in [0.05, 0.1) is 13.2 Å². The summed E-state index contributed by atoms with van der Waals surface area (Å²) in [5.74, 6) is 0.315. The fourth-order valence-electron chi connectivity index (χ4n) is 3.19. The number of amides is 1. The third kappa shape index (κ3) is 3.70. The topological polar surface area (TPSA) is 81.9 Å². The number of para-hydroxylation sites is 1. The SMILES string of the molecule is COC(=O)Oc1ccc(C[C@H](N)C(=O)N2CCc3ccccc32)c(C)c1. The molecule has 2 aromatic carbocycles. The molecule has 0 saturated heterocycles. The highest BCUT2D eigenvalue weighted by molar-refractivity contribution is 5.99. The first kappa shape index (κ1) is 17.9. The first-order valence-electron chi connectivity index (χ1n) is 8.50. The summed E-state index contributed by atoms with van der Waals surface area (Å²) in [6.45, 7) is 2.55. The van der Waals surface area contributed by atoms with Crippen molar-refractivity contribution in [3.63, 3.8) is 0 Å². The molecule has 1 amide bonds. The molecule has 6 nitrogen and oxygen atoms in total. The summed E-state index contributed by atoms with van der Waals surface area (Å²) in [4.78, 5) is 25.7. The molecule has 0 bridgehead atoms. The number of carbonyl (C=O) groups excluding carboxylic acids is 2. The fraction of sp³-hybridized carbons (Fsp3) is 0.300. The number of nitrogens with two attached hydrogens (primary N) is 1. The molecule has 0 radical (unpaired) electrons. The third-order valence-electron chi connectivity index (χ3n) is 4.59. The van der Waals surface area contributed by atoms with Gasteiger partial charge in [0.1, 0.15) is 5.75 Å². The largest absolute Gasteiger partial charge is 0.513 e. The monoisotopic (exact) mass is 354 g/mol. The van der Waals surface area contributed by atoms with Crippen LogP contribution >= 0.6 is 0 Å². The van der Waals surface area contributed by atoms with E-state index < -0.39 is 12.2 Å². The Morgan fingerprint density at radius 3 is 2.73 bits per heavy atom. The summed E-state index contributed by atoms with van der Waals surface area (Å²) in [6, 6.07) is 12.5. The Morgan fingerprint density at radius 2 is 2.00 bits per heavy atom. The molecular weight excluding hydrogens is 332 g/mol. The Hall–Kier alpha value is -2.86. The molecule has 2 N–H and O–H groups in total. The molecule has 0 saturated carbocycles. The number of fused-ring (bicyclic) bond motifs is 1. The predicted octanol–water partition coefficient (Wildman–Crippen LogP) is 2.60. The van der Waals surface area contributed by atoms with Crippen LogP contribution in [0, 0.1) is 6.92 Å². The Kier molecular flexibility index (Phi) is 5.23. The Bertz CT molecular complexity index is 834. The third-order valence-corrected chi connectivity index (χ3v) is 4.59. The van der Waals surface area contributed by atoms with E-state index >= 15 is 0 Å². The fourth-order valence-corrected chi connectivity index (χ4v) is 3.19. The zero-order valence-electron chi connectivity index (χ0n) is 14.9. The van der Waals surface area contributed by atoms with Crippen molar-refractivity contribution in [1.82, 2.24) is 0 Å². The van der Waals surface area contributed by atoms with E-state index in [1.807, 2.05) is 37.3 Å². The van der Waals surface area contributed by atoms with Gasteiger partial charge in [0.25, 0.3) is 0 Å². The molecule has 136 valence electrons. The van der Waals surface area contributed by atoms with Crippen molar-refractivity contribution in [2.45, 2.75) is 25.8 Å². The van der Waals surface area contributed by atoms with Crippen LogP contribution in [-0.4, -0.2) is 31.8 Å². The van der Waals surface area contributed by atoms with Crippen LogP contribution in [0.4, 0.5) is 10.5 Å². The summed E-state index contributed by atoms with van der Waals surface area (Å²) < 4.78 is 9.48. The molecule has 0 fully saturated rings. The Labute approximate surface area is 152 Å². The molecule has 0 aliphatic carbocycles. The lowest BCUT2D eigenvalue weighted by atomic mass is 10.0. The van der Waals surface area contributed by atoms with Crippen LogP contribution in [0.3, 0.4) is 0 Å². The number of methoxy groups -OCH3 is 1. The van der Waals surface area contributed by atoms with Crippen LogP contribution in [-0.2, 0) is 22.4 Å². The number of rotatable bonds is 4. The zero-order valence-corrected chi connectivity index (χ0v) is 14.9. The summed E-state index contributed by atoms with van der Waals surface area (Å²) >= 11 is 0. The van der Waals surface area contributed by atoms with E-state index in [9.17, 15) is 9.59 Å². The van der Waals surface area contributed by atoms with Crippen LogP contribution in [0.15, 0.2) is 42.5 Å². The predicted molar refractivity (Wildman–Crippen MR) is 98.4 cm³/mol. The summed E-state index contributed by atoms with van der Waals surface area (Å²) in [5.41, 5.74) is 10.2. The van der Waals surface area contributed by atoms with Crippen molar-refractivity contribution in [2.75, 3.05) is 18.6 Å². The maximum Gasteiger partial charge on any atom is 0.513 e. The minimum atomic E-state index is -0.767. The van der Waals surface area contributed by atoms with Crippen LogP contribution in [0.5, 0.6) is 5.75 Å². The van der Waals surface area contributed by atoms with E-state index in [-0.39, 0.29) is 5.91 Å². The smallest absolute Gasteiger partial charge is 0.437 e. The average molecular weight is 354 g/mol. The second kappa shape index (κ2) is 7.58. The second-order valence-corrected chi connectivity index (χ2v) is 6.32. The maximum atomic E-state index is 12.8. The number of anilines is 1. The molecular formula is C20H22N2O4. The molecule has 1 aliphatic rings. The van der Waals surface area contributed by atoms with Crippen LogP contribution in [0.1, 0.15) is 16.7 Å². The van der Waals surface area contributed by atoms with Gasteiger partial charge >= 0.3 is 6.16 Å². The van der Waals surface area contributed by atoms with Crippen molar-refractivity contribution in [3.05, 3.63) is 59.2 Å². The van der Waals surface area contributed by atoms with Crippen molar-refractivity contribution < 1.29 is 19.1 Å². The van der Waals surface area contributed by atoms with Gasteiger partial charge in [-0.25, -0.2) is 4.79 Å². The Balaban J connectivity index is 1.69. The molecule has 0 aromatic heterocycles. The first-order valence-corrected chi connectivity index (χ1v) is 8.50. The minimum Gasteiger partial charge on any atom is -0.437 e. The lowest BCUT2D eigenvalue weighted by Gasteiger charge is -2.22. The first-order chi connectivity index (χ1) is 12.5. The van der Waals surface area contributed by atoms with Gasteiger partial charge in [0.15, 0.2) is 0 Å². The van der Waals surface area contributed by atoms with E-state index in [4.69, 9.17) is 10.5 Å². The van der Waals surface area contributed by atoms with Crippen LogP contribution in [0.25, 0.3) is 0 Å². The number of carbonyl (C=O) groups is 2. The van der Waals surface area contributed by atoms with Crippen molar-refractivity contribution in [1.29, 1.82) is 0 Å². The number of hydrogen-bond acceptors (Lipinski definition) is 5. The highest BCUT2D eigenvalue weighted by atomic mass is 16.7. The van der Waals surface area contributed by atoms with E-state index in [0.717, 1.165) is 23.2 Å². The minimum absolute atomic E-state index is 0.0794. The van der Waals surface area contributed by atoms with E-state index in [2.05, 4.69) is 4.74 Å². The molecule has 1 atom stereocenters. The van der Waals surface area contributed by atoms with Crippen LogP contribution < -0.4 is 15.4 Å². The van der Waals surface area contributed by atoms with Gasteiger partial charge in [-0.2, -0.15) is 0 Å². The summed E-state index contributed by atoms with van der Waals surface area (Å²) in [7, 11) is 1.25. The molecule has 6 heteroatoms. The second-order valence-electron chi connectivity index (χ2n) is 6.32. The van der Waals surface area contributed by atoms with Gasteiger partial charge in [0.2, 0.25) is 5.91 Å². The van der Waals surface area contributed by atoms with Gasteiger partial charge in [0, 0.05) is 12.2 Å². The Morgan fingerprint density at radius 1 is 1.23 bits per heavy atom. The molecule has 1 aliphatic heterocycles. The van der Waals surface area contributed by atoms with E-state index in [1.165, 1.54) is 12.7 Å². The molecule has 3 rings (SSSR count). The van der Waals surface area contributed by atoms with Gasteiger partial charge in [-0.05, 0) is 54.7 Å². The van der Waals surface area contributed by atoms with Crippen molar-refractivity contribution >= 4 is 17.7 Å². The average Bonchev–Trinajstić information content (AvgIpc) is 3.07. The van der Waals surface area contributed by atoms with Gasteiger partial charge in [-0.3, -0.25) is 4.79 Å².